The summed E-state index contributed by atoms with van der Waals surface area (Å²) in [7, 11) is 3.42. The average molecular weight is 348 g/mol. The van der Waals surface area contributed by atoms with Gasteiger partial charge in [0, 0.05) is 50.4 Å². The van der Waals surface area contributed by atoms with Gasteiger partial charge in [0.2, 0.25) is 0 Å². The second-order valence-corrected chi connectivity index (χ2v) is 7.26. The monoisotopic (exact) mass is 348 g/mol. The SMILES string of the molecule is COc1ccc(OC)c(CN2CCN(C3CCCC3)[C@H](CCO)C2)c1. The highest BCUT2D eigenvalue weighted by molar-refractivity contribution is 5.40. The van der Waals surface area contributed by atoms with E-state index in [9.17, 15) is 5.11 Å². The summed E-state index contributed by atoms with van der Waals surface area (Å²) in [5.41, 5.74) is 1.17. The Morgan fingerprint density at radius 3 is 2.60 bits per heavy atom. The molecule has 2 fully saturated rings. The first-order chi connectivity index (χ1) is 12.2. The summed E-state index contributed by atoms with van der Waals surface area (Å²) >= 11 is 0. The van der Waals surface area contributed by atoms with Crippen LogP contribution in [0.15, 0.2) is 18.2 Å². The van der Waals surface area contributed by atoms with Gasteiger partial charge in [-0.05, 0) is 37.5 Å². The molecule has 5 heteroatoms. The molecule has 1 heterocycles. The van der Waals surface area contributed by atoms with E-state index in [0.717, 1.165) is 50.1 Å². The molecule has 0 amide bonds. The van der Waals surface area contributed by atoms with E-state index < -0.39 is 0 Å². The Labute approximate surface area is 151 Å². The van der Waals surface area contributed by atoms with E-state index in [2.05, 4.69) is 15.9 Å². The smallest absolute Gasteiger partial charge is 0.123 e. The van der Waals surface area contributed by atoms with Crippen molar-refractivity contribution in [3.8, 4) is 11.5 Å². The number of hydrogen-bond donors (Lipinski definition) is 1. The van der Waals surface area contributed by atoms with Crippen molar-refractivity contribution in [3.63, 3.8) is 0 Å². The topological polar surface area (TPSA) is 45.2 Å². The second-order valence-electron chi connectivity index (χ2n) is 7.26. The van der Waals surface area contributed by atoms with Crippen LogP contribution in [0.25, 0.3) is 0 Å². The maximum atomic E-state index is 9.52. The summed E-state index contributed by atoms with van der Waals surface area (Å²) in [4.78, 5) is 5.16. The van der Waals surface area contributed by atoms with Crippen molar-refractivity contribution in [1.82, 2.24) is 9.80 Å². The third-order valence-corrected chi connectivity index (χ3v) is 5.75. The van der Waals surface area contributed by atoms with E-state index in [1.807, 2.05) is 12.1 Å². The van der Waals surface area contributed by atoms with Crippen molar-refractivity contribution in [3.05, 3.63) is 23.8 Å². The highest BCUT2D eigenvalue weighted by Gasteiger charge is 2.33. The van der Waals surface area contributed by atoms with Crippen LogP contribution in [0.3, 0.4) is 0 Å². The molecule has 0 aromatic heterocycles. The molecule has 0 bridgehead atoms. The average Bonchev–Trinajstić information content (AvgIpc) is 3.16. The van der Waals surface area contributed by atoms with E-state index in [4.69, 9.17) is 9.47 Å². The summed E-state index contributed by atoms with van der Waals surface area (Å²) < 4.78 is 10.9. The van der Waals surface area contributed by atoms with Crippen LogP contribution in [-0.2, 0) is 6.54 Å². The zero-order valence-corrected chi connectivity index (χ0v) is 15.6. The summed E-state index contributed by atoms with van der Waals surface area (Å²) in [6.07, 6.45) is 6.23. The van der Waals surface area contributed by atoms with E-state index in [0.29, 0.717) is 6.04 Å². The number of aliphatic hydroxyl groups excluding tert-OH is 1. The normalized spacial score (nSPS) is 23.1. The second kappa shape index (κ2) is 8.88. The minimum absolute atomic E-state index is 0.268. The molecule has 0 radical (unpaired) electrons. The Balaban J connectivity index is 1.68. The van der Waals surface area contributed by atoms with Gasteiger partial charge in [-0.25, -0.2) is 0 Å². The number of hydrogen-bond acceptors (Lipinski definition) is 5. The van der Waals surface area contributed by atoms with Crippen molar-refractivity contribution < 1.29 is 14.6 Å². The van der Waals surface area contributed by atoms with Crippen molar-refractivity contribution in [2.45, 2.75) is 50.7 Å². The fourth-order valence-electron chi connectivity index (χ4n) is 4.45. The van der Waals surface area contributed by atoms with Crippen molar-refractivity contribution >= 4 is 0 Å². The highest BCUT2D eigenvalue weighted by atomic mass is 16.5. The minimum atomic E-state index is 0.268. The van der Waals surface area contributed by atoms with Crippen LogP contribution in [0, 0.1) is 0 Å². The Morgan fingerprint density at radius 1 is 1.12 bits per heavy atom. The van der Waals surface area contributed by atoms with Gasteiger partial charge in [0.05, 0.1) is 14.2 Å². The van der Waals surface area contributed by atoms with Gasteiger partial charge in [-0.1, -0.05) is 12.8 Å². The zero-order chi connectivity index (χ0) is 17.6. The van der Waals surface area contributed by atoms with Gasteiger partial charge >= 0.3 is 0 Å². The number of methoxy groups -OCH3 is 2. The fraction of sp³-hybridized carbons (Fsp3) is 0.700. The lowest BCUT2D eigenvalue weighted by atomic mass is 10.0. The van der Waals surface area contributed by atoms with Gasteiger partial charge < -0.3 is 14.6 Å². The molecule has 1 atom stereocenters. The molecule has 1 saturated heterocycles. The largest absolute Gasteiger partial charge is 0.497 e. The highest BCUT2D eigenvalue weighted by Crippen LogP contribution is 2.30. The molecule has 2 aliphatic rings. The third-order valence-electron chi connectivity index (χ3n) is 5.75. The van der Waals surface area contributed by atoms with Gasteiger partial charge in [-0.2, -0.15) is 0 Å². The Bertz CT molecular complexity index is 546. The molecule has 1 aromatic rings. The van der Waals surface area contributed by atoms with Crippen LogP contribution in [0.2, 0.25) is 0 Å². The number of aliphatic hydroxyl groups is 1. The standard InChI is InChI=1S/C20H32N2O3/c1-24-19-7-8-20(25-2)16(13-19)14-21-10-11-22(17-5-3-4-6-17)18(15-21)9-12-23/h7-8,13,17-18,23H,3-6,9-12,14-15H2,1-2H3/t18-/m1/s1. The molecule has 1 N–H and O–H groups in total. The summed E-state index contributed by atoms with van der Waals surface area (Å²) in [5.74, 6) is 1.78. The molecule has 1 aliphatic carbocycles. The number of piperazine rings is 1. The summed E-state index contributed by atoms with van der Waals surface area (Å²) in [6.45, 7) is 4.31. The Hall–Kier alpha value is -1.30. The van der Waals surface area contributed by atoms with Crippen molar-refractivity contribution in [2.24, 2.45) is 0 Å². The predicted octanol–water partition coefficient (Wildman–Crippen LogP) is 2.52. The Kier molecular flexibility index (Phi) is 6.57. The first-order valence-corrected chi connectivity index (χ1v) is 9.55. The zero-order valence-electron chi connectivity index (χ0n) is 15.6. The van der Waals surface area contributed by atoms with E-state index in [1.54, 1.807) is 14.2 Å². The van der Waals surface area contributed by atoms with Crippen molar-refractivity contribution in [1.29, 1.82) is 0 Å². The van der Waals surface area contributed by atoms with Crippen LogP contribution < -0.4 is 9.47 Å². The van der Waals surface area contributed by atoms with Gasteiger partial charge in [0.25, 0.3) is 0 Å². The molecule has 25 heavy (non-hydrogen) atoms. The molecule has 1 saturated carbocycles. The molecule has 1 aliphatic heterocycles. The first kappa shape index (κ1) is 18.5. The molecule has 3 rings (SSSR count). The lowest BCUT2D eigenvalue weighted by Crippen LogP contribution is -2.56. The predicted molar refractivity (Wildman–Crippen MR) is 99.3 cm³/mol. The van der Waals surface area contributed by atoms with E-state index in [1.165, 1.54) is 31.2 Å². The molecular formula is C20H32N2O3. The molecule has 5 nitrogen and oxygen atoms in total. The number of rotatable bonds is 7. The number of ether oxygens (including phenoxy) is 2. The number of benzene rings is 1. The molecule has 140 valence electrons. The Morgan fingerprint density at radius 2 is 1.92 bits per heavy atom. The lowest BCUT2D eigenvalue weighted by molar-refractivity contribution is 0.0264. The van der Waals surface area contributed by atoms with Crippen molar-refractivity contribution in [2.75, 3.05) is 40.5 Å². The fourth-order valence-corrected chi connectivity index (χ4v) is 4.45. The van der Waals surface area contributed by atoms with Gasteiger partial charge in [0.15, 0.2) is 0 Å². The van der Waals surface area contributed by atoms with Crippen LogP contribution in [-0.4, -0.2) is 67.5 Å². The van der Waals surface area contributed by atoms with Gasteiger partial charge in [0.1, 0.15) is 11.5 Å². The van der Waals surface area contributed by atoms with Crippen LogP contribution in [0.5, 0.6) is 11.5 Å². The minimum Gasteiger partial charge on any atom is -0.497 e. The van der Waals surface area contributed by atoms with Crippen LogP contribution >= 0.6 is 0 Å². The van der Waals surface area contributed by atoms with Gasteiger partial charge in [-0.3, -0.25) is 9.80 Å². The third kappa shape index (κ3) is 4.46. The van der Waals surface area contributed by atoms with Gasteiger partial charge in [-0.15, -0.1) is 0 Å². The lowest BCUT2D eigenvalue weighted by Gasteiger charge is -2.44. The maximum Gasteiger partial charge on any atom is 0.123 e. The molecule has 0 unspecified atom stereocenters. The van der Waals surface area contributed by atoms with E-state index in [-0.39, 0.29) is 6.61 Å². The van der Waals surface area contributed by atoms with Crippen LogP contribution in [0.4, 0.5) is 0 Å². The van der Waals surface area contributed by atoms with Crippen LogP contribution in [0.1, 0.15) is 37.7 Å². The summed E-state index contributed by atoms with van der Waals surface area (Å²) in [5, 5.41) is 9.52. The summed E-state index contributed by atoms with van der Waals surface area (Å²) in [6, 6.07) is 7.18. The first-order valence-electron chi connectivity index (χ1n) is 9.55. The maximum absolute atomic E-state index is 9.52. The molecular weight excluding hydrogens is 316 g/mol. The van der Waals surface area contributed by atoms with E-state index >= 15 is 0 Å². The molecule has 1 aromatic carbocycles. The number of nitrogens with zero attached hydrogens (tertiary/aromatic N) is 2. The quantitative estimate of drug-likeness (QED) is 0.820. The molecule has 0 spiro atoms.